The van der Waals surface area contributed by atoms with Crippen LogP contribution in [0.5, 0.6) is 0 Å². The lowest BCUT2D eigenvalue weighted by Crippen LogP contribution is -2.79. The van der Waals surface area contributed by atoms with Gasteiger partial charge in [-0.05, 0) is 12.8 Å². The van der Waals surface area contributed by atoms with Gasteiger partial charge in [-0.2, -0.15) is 0 Å². The highest BCUT2D eigenvalue weighted by Gasteiger charge is 1.92. The molecule has 1 aliphatic rings. The number of rotatable bonds is 0. The number of hydrazine groups is 1. The highest BCUT2D eigenvalue weighted by Crippen LogP contribution is 1.88. The molecule has 7 heavy (non-hydrogen) atoms. The maximum absolute atomic E-state index is 3.04. The Kier molecular flexibility index (Phi) is 1.72. The van der Waals surface area contributed by atoms with Crippen molar-refractivity contribution in [3.8, 4) is 0 Å². The summed E-state index contributed by atoms with van der Waals surface area (Å²) in [6.07, 6.45) is 5.88. The fraction of sp³-hybridized carbons (Fsp3) is 0.800. The zero-order valence-electron chi connectivity index (χ0n) is 4.41. The molecule has 2 heteroatoms. The third kappa shape index (κ3) is 1.57. The van der Waals surface area contributed by atoms with E-state index in [1.54, 1.807) is 0 Å². The van der Waals surface area contributed by atoms with Crippen molar-refractivity contribution in [1.82, 2.24) is 5.43 Å². The molecule has 0 bridgehead atoms. The Hall–Kier alpha value is -0.530. The Morgan fingerprint density at radius 2 is 2.43 bits per heavy atom. The lowest BCUT2D eigenvalue weighted by Gasteiger charge is -1.85. The molecule has 0 unspecified atom stereocenters. The highest BCUT2D eigenvalue weighted by atomic mass is 15.3. The van der Waals surface area contributed by atoms with Gasteiger partial charge < -0.3 is 0 Å². The van der Waals surface area contributed by atoms with Gasteiger partial charge in [0.05, 0.1) is 6.54 Å². The van der Waals surface area contributed by atoms with E-state index in [2.05, 4.69) is 16.7 Å². The van der Waals surface area contributed by atoms with Crippen molar-refractivity contribution < 1.29 is 5.10 Å². The number of nitrogens with one attached hydrogen (secondary N) is 2. The summed E-state index contributed by atoms with van der Waals surface area (Å²) in [5, 5.41) is 2.97. The predicted molar refractivity (Wildman–Crippen MR) is 28.9 cm³/mol. The van der Waals surface area contributed by atoms with Gasteiger partial charge in [0.25, 0.3) is 0 Å². The molecule has 0 amide bonds. The molecular weight excluding hydrogens is 88.1 g/mol. The first kappa shape index (κ1) is 4.62. The largest absolute Gasteiger partial charge is 0.201 e. The van der Waals surface area contributed by atoms with Gasteiger partial charge in [0.2, 0.25) is 0 Å². The molecule has 2 nitrogen and oxygen atoms in total. The lowest BCUT2D eigenvalue weighted by atomic mass is 10.2. The Morgan fingerprint density at radius 1 is 1.43 bits per heavy atom. The molecule has 1 aliphatic heterocycles. The van der Waals surface area contributed by atoms with Crippen LogP contribution in [0.4, 0.5) is 0 Å². The Bertz CT molecular complexity index is 60.5. The fourth-order valence-electron chi connectivity index (χ4n) is 0.676. The van der Waals surface area contributed by atoms with Gasteiger partial charge in [-0.25, -0.2) is 5.43 Å². The number of hydrazone groups is 1. The van der Waals surface area contributed by atoms with E-state index in [1.807, 2.05) is 0 Å². The van der Waals surface area contributed by atoms with Crippen LogP contribution in [0.1, 0.15) is 19.3 Å². The third-order valence-corrected chi connectivity index (χ3v) is 1.10. The average Bonchev–Trinajstić information content (AvgIpc) is 1.90. The molecule has 0 aromatic rings. The standard InChI is InChI=1S/C5H10N2/c1-2-4-6-7-5-3-1/h4,7H,1-3,5H2/p+1. The molecule has 0 saturated heterocycles. The zero-order valence-corrected chi connectivity index (χ0v) is 4.41. The minimum atomic E-state index is 1.11. The van der Waals surface area contributed by atoms with Crippen LogP contribution in [0.25, 0.3) is 0 Å². The SMILES string of the molecule is C1=[NH+]NCCCC1. The summed E-state index contributed by atoms with van der Waals surface area (Å²) < 4.78 is 0. The fourth-order valence-corrected chi connectivity index (χ4v) is 0.676. The van der Waals surface area contributed by atoms with Crippen molar-refractivity contribution in [3.63, 3.8) is 0 Å². The minimum absolute atomic E-state index is 1.11. The lowest BCUT2D eigenvalue weighted by molar-refractivity contribution is -0.521. The summed E-state index contributed by atoms with van der Waals surface area (Å²) in [6, 6.07) is 0. The van der Waals surface area contributed by atoms with Gasteiger partial charge in [-0.1, -0.05) is 0 Å². The van der Waals surface area contributed by atoms with Crippen LogP contribution in [0.2, 0.25) is 0 Å². The van der Waals surface area contributed by atoms with Crippen LogP contribution in [0, 0.1) is 0 Å². The molecule has 0 fully saturated rings. The number of hydrogen-bond donors (Lipinski definition) is 2. The van der Waals surface area contributed by atoms with Gasteiger partial charge in [0.15, 0.2) is 6.21 Å². The van der Waals surface area contributed by atoms with Crippen LogP contribution in [-0.2, 0) is 0 Å². The Morgan fingerprint density at radius 3 is 3.43 bits per heavy atom. The monoisotopic (exact) mass is 99.1 g/mol. The Labute approximate surface area is 43.6 Å². The minimum Gasteiger partial charge on any atom is -0.201 e. The van der Waals surface area contributed by atoms with Crippen molar-refractivity contribution in [1.29, 1.82) is 0 Å². The van der Waals surface area contributed by atoms with E-state index in [4.69, 9.17) is 0 Å². The van der Waals surface area contributed by atoms with Crippen molar-refractivity contribution in [2.75, 3.05) is 6.54 Å². The summed E-state index contributed by atoms with van der Waals surface area (Å²) in [5.41, 5.74) is 3.04. The van der Waals surface area contributed by atoms with Crippen LogP contribution < -0.4 is 10.5 Å². The van der Waals surface area contributed by atoms with E-state index < -0.39 is 0 Å². The van der Waals surface area contributed by atoms with E-state index in [1.165, 1.54) is 19.3 Å². The molecule has 0 aromatic heterocycles. The van der Waals surface area contributed by atoms with Crippen LogP contribution in [-0.4, -0.2) is 12.8 Å². The predicted octanol–water partition coefficient (Wildman–Crippen LogP) is -1.17. The molecule has 1 rings (SSSR count). The van der Waals surface area contributed by atoms with Gasteiger partial charge in [-0.15, -0.1) is 5.10 Å². The third-order valence-electron chi connectivity index (χ3n) is 1.10. The summed E-state index contributed by atoms with van der Waals surface area (Å²) in [4.78, 5) is 0. The van der Waals surface area contributed by atoms with Crippen molar-refractivity contribution in [2.24, 2.45) is 0 Å². The second kappa shape index (κ2) is 2.61. The molecule has 2 N–H and O–H groups in total. The summed E-state index contributed by atoms with van der Waals surface area (Å²) in [6.45, 7) is 1.11. The normalized spacial score (nSPS) is 20.6. The molecule has 0 aromatic carbocycles. The van der Waals surface area contributed by atoms with E-state index >= 15 is 0 Å². The molecule has 40 valence electrons. The second-order valence-corrected chi connectivity index (χ2v) is 1.77. The molecule has 0 spiro atoms. The maximum atomic E-state index is 3.04. The van der Waals surface area contributed by atoms with E-state index in [0.29, 0.717) is 0 Å². The smallest absolute Gasteiger partial charge is 0.167 e. The summed E-state index contributed by atoms with van der Waals surface area (Å²) >= 11 is 0. The number of hydrogen-bond acceptors (Lipinski definition) is 1. The maximum Gasteiger partial charge on any atom is 0.167 e. The second-order valence-electron chi connectivity index (χ2n) is 1.77. The van der Waals surface area contributed by atoms with Crippen LogP contribution >= 0.6 is 0 Å². The van der Waals surface area contributed by atoms with Gasteiger partial charge in [-0.3, -0.25) is 0 Å². The molecular formula is C5H11N2+. The quantitative estimate of drug-likeness (QED) is 0.393. The van der Waals surface area contributed by atoms with Crippen LogP contribution in [0.3, 0.4) is 0 Å². The average molecular weight is 99.2 g/mol. The first-order valence-corrected chi connectivity index (χ1v) is 2.80. The molecule has 0 radical (unpaired) electrons. The topological polar surface area (TPSA) is 26.0 Å². The van der Waals surface area contributed by atoms with Gasteiger partial charge in [0, 0.05) is 6.42 Å². The Balaban J connectivity index is 2.20. The van der Waals surface area contributed by atoms with Gasteiger partial charge in [0.1, 0.15) is 0 Å². The van der Waals surface area contributed by atoms with E-state index in [0.717, 1.165) is 6.54 Å². The molecule has 0 saturated carbocycles. The van der Waals surface area contributed by atoms with Crippen molar-refractivity contribution in [3.05, 3.63) is 0 Å². The van der Waals surface area contributed by atoms with Crippen LogP contribution in [0.15, 0.2) is 0 Å². The van der Waals surface area contributed by atoms with Crippen molar-refractivity contribution >= 4 is 6.21 Å². The highest BCUT2D eigenvalue weighted by molar-refractivity contribution is 5.49. The van der Waals surface area contributed by atoms with E-state index in [9.17, 15) is 0 Å². The van der Waals surface area contributed by atoms with Crippen molar-refractivity contribution in [2.45, 2.75) is 19.3 Å². The first-order chi connectivity index (χ1) is 3.50. The molecule has 0 aliphatic carbocycles. The first-order valence-electron chi connectivity index (χ1n) is 2.80. The molecule has 0 atom stereocenters. The van der Waals surface area contributed by atoms with Gasteiger partial charge >= 0.3 is 0 Å². The summed E-state index contributed by atoms with van der Waals surface area (Å²) in [7, 11) is 0. The van der Waals surface area contributed by atoms with E-state index in [-0.39, 0.29) is 0 Å². The zero-order chi connectivity index (χ0) is 4.95. The molecule has 1 heterocycles. The summed E-state index contributed by atoms with van der Waals surface area (Å²) in [5.74, 6) is 0.